The molecule has 0 aromatic carbocycles. The second-order valence-electron chi connectivity index (χ2n) is 13.3. The third-order valence-corrected chi connectivity index (χ3v) is 11.0. The molecule has 4 saturated carbocycles. The molecule has 8 nitrogen and oxygen atoms in total. The fourth-order valence-corrected chi connectivity index (χ4v) is 9.44. The molecule has 5 rings (SSSR count). The molecular weight excluding hydrogens is 488 g/mol. The van der Waals surface area contributed by atoms with Crippen LogP contribution in [0.3, 0.4) is 0 Å². The monoisotopic (exact) mass is 532 g/mol. The second kappa shape index (κ2) is 9.90. The van der Waals surface area contributed by atoms with Gasteiger partial charge in [0.25, 0.3) is 0 Å². The second-order valence-corrected chi connectivity index (χ2v) is 13.3. The number of ether oxygens (including phenoxy) is 4. The summed E-state index contributed by atoms with van der Waals surface area (Å²) < 4.78 is 23.5. The average Bonchev–Trinajstić information content (AvgIpc) is 3.55. The van der Waals surface area contributed by atoms with E-state index in [1.165, 1.54) is 13.8 Å². The Morgan fingerprint density at radius 1 is 1.00 bits per heavy atom. The Balaban J connectivity index is 1.45. The summed E-state index contributed by atoms with van der Waals surface area (Å²) in [6.07, 6.45) is 4.62. The van der Waals surface area contributed by atoms with Crippen molar-refractivity contribution in [3.63, 3.8) is 0 Å². The molecule has 0 bridgehead atoms. The Hall–Kier alpha value is -1.96. The maximum absolute atomic E-state index is 12.7. The minimum absolute atomic E-state index is 0.0795. The molecule has 1 aliphatic heterocycles. The van der Waals surface area contributed by atoms with Gasteiger partial charge in [0.15, 0.2) is 5.78 Å². The predicted octanol–water partition coefficient (Wildman–Crippen LogP) is 4.41. The smallest absolute Gasteiger partial charge is 0.306 e. The first-order valence-corrected chi connectivity index (χ1v) is 14.6. The van der Waals surface area contributed by atoms with Crippen LogP contribution in [0.15, 0.2) is 0 Å². The molecular formula is C30H44O8. The van der Waals surface area contributed by atoms with Gasteiger partial charge in [-0.25, -0.2) is 0 Å². The molecule has 1 saturated heterocycles. The van der Waals surface area contributed by atoms with E-state index in [-0.39, 0.29) is 94.6 Å². The molecule has 38 heavy (non-hydrogen) atoms. The van der Waals surface area contributed by atoms with E-state index in [4.69, 9.17) is 18.9 Å². The standard InChI is InChI=1S/C30H44O8/c1-15(2)35-25(34)9-7-8-18-10-11-20-26-21(14-24(29(18,20)5)37-17(4)32)30(6)19(13-23(26)36-16(3)31)12-22(33)27-28(30)38-27/h15,18-21,23-24,26-28H,7-14H2,1-6H3/t18-,19-,20-,21?,23+,24-,26?,27+,28+,29+,30-/m0/s1. The van der Waals surface area contributed by atoms with Gasteiger partial charge < -0.3 is 18.9 Å². The van der Waals surface area contributed by atoms with Gasteiger partial charge in [0.1, 0.15) is 18.3 Å². The average molecular weight is 533 g/mol. The van der Waals surface area contributed by atoms with Crippen LogP contribution in [-0.2, 0) is 38.1 Å². The Kier molecular flexibility index (Phi) is 7.19. The van der Waals surface area contributed by atoms with Crippen LogP contribution < -0.4 is 0 Å². The van der Waals surface area contributed by atoms with Crippen molar-refractivity contribution in [2.45, 2.75) is 123 Å². The summed E-state index contributed by atoms with van der Waals surface area (Å²) >= 11 is 0. The quantitative estimate of drug-likeness (QED) is 0.270. The van der Waals surface area contributed by atoms with E-state index < -0.39 is 0 Å². The van der Waals surface area contributed by atoms with Gasteiger partial charge in [-0.15, -0.1) is 0 Å². The molecule has 0 radical (unpaired) electrons. The van der Waals surface area contributed by atoms with E-state index >= 15 is 0 Å². The number of hydrogen-bond donors (Lipinski definition) is 0. The lowest BCUT2D eigenvalue weighted by Crippen LogP contribution is -2.64. The van der Waals surface area contributed by atoms with E-state index in [0.29, 0.717) is 25.7 Å². The van der Waals surface area contributed by atoms with Crippen LogP contribution in [0.4, 0.5) is 0 Å². The van der Waals surface area contributed by atoms with Crippen LogP contribution in [0, 0.1) is 40.4 Å². The molecule has 5 fully saturated rings. The summed E-state index contributed by atoms with van der Waals surface area (Å²) in [5.41, 5.74) is -0.511. The molecule has 2 unspecified atom stereocenters. The fourth-order valence-electron chi connectivity index (χ4n) is 9.44. The number of fused-ring (bicyclic) bond motifs is 7. The Morgan fingerprint density at radius 2 is 1.71 bits per heavy atom. The predicted molar refractivity (Wildman–Crippen MR) is 137 cm³/mol. The number of carbonyl (C=O) groups excluding carboxylic acids is 4. The summed E-state index contributed by atoms with van der Waals surface area (Å²) in [5, 5.41) is 0. The zero-order chi connectivity index (χ0) is 27.6. The third kappa shape index (κ3) is 4.48. The Labute approximate surface area is 225 Å². The van der Waals surface area contributed by atoms with E-state index in [2.05, 4.69) is 13.8 Å². The maximum Gasteiger partial charge on any atom is 0.306 e. The first-order chi connectivity index (χ1) is 17.9. The van der Waals surface area contributed by atoms with Crippen molar-refractivity contribution < 1.29 is 38.1 Å². The van der Waals surface area contributed by atoms with Crippen molar-refractivity contribution in [1.29, 1.82) is 0 Å². The lowest BCUT2D eigenvalue weighted by Gasteiger charge is -2.62. The van der Waals surface area contributed by atoms with Gasteiger partial charge in [-0.05, 0) is 76.0 Å². The van der Waals surface area contributed by atoms with Gasteiger partial charge in [-0.3, -0.25) is 19.2 Å². The summed E-state index contributed by atoms with van der Waals surface area (Å²) in [5.74, 6) is 0.215. The number of Topliss-reactive ketones (excluding diaryl/α,β-unsaturated/α-hetero) is 1. The van der Waals surface area contributed by atoms with E-state index in [0.717, 1.165) is 25.7 Å². The zero-order valence-corrected chi connectivity index (χ0v) is 23.7. The number of carbonyl (C=O) groups is 4. The minimum atomic E-state index is -0.315. The van der Waals surface area contributed by atoms with Gasteiger partial charge in [0.2, 0.25) is 0 Å². The number of ketones is 1. The SMILES string of the molecule is CC(=O)O[C@H]1CC2C([C@H](OC(C)=O)C[C@@H]3CC(=O)[C@H]4O[C@H]4[C@]23C)[C@@H]2CC[C@H](CCCC(=O)OC(C)C)[C@@]12C. The molecule has 212 valence electrons. The Bertz CT molecular complexity index is 991. The summed E-state index contributed by atoms with van der Waals surface area (Å²) in [4.78, 5) is 49.5. The number of esters is 3. The molecule has 8 heteroatoms. The highest BCUT2D eigenvalue weighted by Crippen LogP contribution is 2.70. The topological polar surface area (TPSA) is 109 Å². The molecule has 4 aliphatic carbocycles. The number of rotatable bonds is 7. The van der Waals surface area contributed by atoms with Crippen molar-refractivity contribution in [2.75, 3.05) is 0 Å². The van der Waals surface area contributed by atoms with Crippen LogP contribution in [0.1, 0.15) is 92.9 Å². The van der Waals surface area contributed by atoms with Gasteiger partial charge in [-0.2, -0.15) is 0 Å². The first-order valence-electron chi connectivity index (χ1n) is 14.6. The summed E-state index contributed by atoms with van der Waals surface area (Å²) in [7, 11) is 0. The van der Waals surface area contributed by atoms with Gasteiger partial charge in [0.05, 0.1) is 12.2 Å². The van der Waals surface area contributed by atoms with Crippen LogP contribution >= 0.6 is 0 Å². The molecule has 5 aliphatic rings. The number of epoxide rings is 1. The molecule has 1 heterocycles. The summed E-state index contributed by atoms with van der Waals surface area (Å²) in [6.45, 7) is 11.2. The van der Waals surface area contributed by atoms with E-state index in [9.17, 15) is 19.2 Å². The van der Waals surface area contributed by atoms with Crippen LogP contribution in [0.5, 0.6) is 0 Å². The van der Waals surface area contributed by atoms with Crippen LogP contribution in [0.25, 0.3) is 0 Å². The third-order valence-electron chi connectivity index (χ3n) is 11.0. The maximum atomic E-state index is 12.7. The minimum Gasteiger partial charge on any atom is -0.463 e. The first kappa shape index (κ1) is 27.6. The molecule has 0 N–H and O–H groups in total. The van der Waals surface area contributed by atoms with E-state index in [1.54, 1.807) is 0 Å². The van der Waals surface area contributed by atoms with Gasteiger partial charge >= 0.3 is 17.9 Å². The highest BCUT2D eigenvalue weighted by molar-refractivity contribution is 5.87. The van der Waals surface area contributed by atoms with Gasteiger partial charge in [0, 0.05) is 43.4 Å². The summed E-state index contributed by atoms with van der Waals surface area (Å²) in [6, 6.07) is 0. The molecule has 11 atom stereocenters. The van der Waals surface area contributed by atoms with Crippen LogP contribution in [0.2, 0.25) is 0 Å². The van der Waals surface area contributed by atoms with Crippen molar-refractivity contribution in [3.05, 3.63) is 0 Å². The molecule has 0 spiro atoms. The van der Waals surface area contributed by atoms with Crippen LogP contribution in [-0.4, -0.2) is 54.2 Å². The van der Waals surface area contributed by atoms with Crippen molar-refractivity contribution in [1.82, 2.24) is 0 Å². The fraction of sp³-hybridized carbons (Fsp3) is 0.867. The normalized spacial score (nSPS) is 44.8. The van der Waals surface area contributed by atoms with Gasteiger partial charge in [-0.1, -0.05) is 13.8 Å². The highest BCUT2D eigenvalue weighted by Gasteiger charge is 2.73. The Morgan fingerprint density at radius 3 is 2.37 bits per heavy atom. The molecule has 0 aromatic heterocycles. The van der Waals surface area contributed by atoms with Crippen molar-refractivity contribution in [3.8, 4) is 0 Å². The zero-order valence-electron chi connectivity index (χ0n) is 23.7. The largest absolute Gasteiger partial charge is 0.463 e. The molecule has 0 aromatic rings. The molecule has 0 amide bonds. The van der Waals surface area contributed by atoms with E-state index in [1.807, 2.05) is 13.8 Å². The highest BCUT2D eigenvalue weighted by atomic mass is 16.6. The number of hydrogen-bond acceptors (Lipinski definition) is 8. The lowest BCUT2D eigenvalue weighted by atomic mass is 9.43. The van der Waals surface area contributed by atoms with Crippen molar-refractivity contribution >= 4 is 23.7 Å². The van der Waals surface area contributed by atoms with Crippen molar-refractivity contribution in [2.24, 2.45) is 40.4 Å². The lowest BCUT2D eigenvalue weighted by molar-refractivity contribution is -0.217.